The van der Waals surface area contributed by atoms with E-state index in [0.717, 1.165) is 28.6 Å². The number of amides is 2. The Morgan fingerprint density at radius 2 is 2.06 bits per heavy atom. The predicted octanol–water partition coefficient (Wildman–Crippen LogP) is 4.36. The van der Waals surface area contributed by atoms with Gasteiger partial charge in [-0.05, 0) is 61.0 Å². The molecule has 0 aromatic heterocycles. The molecule has 2 amide bonds. The lowest BCUT2D eigenvalue weighted by molar-refractivity contribution is -0.118. The van der Waals surface area contributed by atoms with Crippen LogP contribution in [0.15, 0.2) is 48.5 Å². The number of halogens is 1. The number of nitrogens with zero attached hydrogens (tertiary/aromatic N) is 1. The van der Waals surface area contributed by atoms with Crippen molar-refractivity contribution < 1.29 is 19.1 Å². The van der Waals surface area contributed by atoms with Gasteiger partial charge in [0, 0.05) is 5.02 Å². The van der Waals surface area contributed by atoms with E-state index in [2.05, 4.69) is 5.32 Å². The van der Waals surface area contributed by atoms with Crippen molar-refractivity contribution in [3.63, 3.8) is 0 Å². The predicted molar refractivity (Wildman–Crippen MR) is 125 cm³/mol. The van der Waals surface area contributed by atoms with Crippen molar-refractivity contribution >= 4 is 51.9 Å². The summed E-state index contributed by atoms with van der Waals surface area (Å²) in [5, 5.41) is 2.77. The van der Waals surface area contributed by atoms with Gasteiger partial charge in [-0.25, -0.2) is 0 Å². The Morgan fingerprint density at radius 3 is 2.74 bits per heavy atom. The second-order valence-corrected chi connectivity index (χ2v) is 9.43. The van der Waals surface area contributed by atoms with Gasteiger partial charge in [0.05, 0.1) is 17.8 Å². The average molecular weight is 477 g/mol. The Balaban J connectivity index is 1.29. The first-order valence-corrected chi connectivity index (χ1v) is 11.5. The number of rotatable bonds is 7. The Bertz CT molecular complexity index is 1000. The Morgan fingerprint density at radius 1 is 1.29 bits per heavy atom. The van der Waals surface area contributed by atoms with Crippen LogP contribution in [0.25, 0.3) is 0 Å². The molecule has 0 spiro atoms. The molecule has 1 N–H and O–H groups in total. The molecule has 3 atom stereocenters. The van der Waals surface area contributed by atoms with Crippen molar-refractivity contribution in [2.75, 3.05) is 13.2 Å². The molecule has 2 fully saturated rings. The largest absolute Gasteiger partial charge is 0.491 e. The van der Waals surface area contributed by atoms with E-state index >= 15 is 0 Å². The maximum Gasteiger partial charge on any atom is 0.286 e. The monoisotopic (exact) mass is 476 g/mol. The lowest BCUT2D eigenvalue weighted by atomic mass is 10.1. The molecule has 2 aliphatic heterocycles. The van der Waals surface area contributed by atoms with Gasteiger partial charge in [-0.2, -0.15) is 0 Å². The number of hydrogen-bond acceptors (Lipinski definition) is 6. The quantitative estimate of drug-likeness (QED) is 0.595. The van der Waals surface area contributed by atoms with E-state index in [0.29, 0.717) is 29.8 Å². The van der Waals surface area contributed by atoms with Gasteiger partial charge in [-0.3, -0.25) is 14.9 Å². The topological polar surface area (TPSA) is 67.9 Å². The number of thioether (sulfide) groups is 1. The van der Waals surface area contributed by atoms with Crippen LogP contribution in [-0.2, 0) is 16.0 Å². The van der Waals surface area contributed by atoms with E-state index in [4.69, 9.17) is 33.3 Å². The zero-order valence-electron chi connectivity index (χ0n) is 16.7. The zero-order chi connectivity index (χ0) is 22.0. The molecule has 2 aromatic rings. The summed E-state index contributed by atoms with van der Waals surface area (Å²) in [7, 11) is 0. The van der Waals surface area contributed by atoms with Crippen LogP contribution >= 0.6 is 35.6 Å². The molecule has 162 valence electrons. The highest BCUT2D eigenvalue weighted by atomic mass is 35.5. The van der Waals surface area contributed by atoms with Gasteiger partial charge in [-0.15, -0.1) is 0 Å². The van der Waals surface area contributed by atoms with Crippen LogP contribution in [0, 0.1) is 0 Å². The molecule has 3 unspecified atom stereocenters. The van der Waals surface area contributed by atoms with Gasteiger partial charge < -0.3 is 14.4 Å². The van der Waals surface area contributed by atoms with Gasteiger partial charge in [0.25, 0.3) is 10.4 Å². The number of carbonyl (C=O) groups is 2. The molecule has 2 heterocycles. The number of carbonyl (C=O) groups excluding carboxylic acids is 2. The van der Waals surface area contributed by atoms with Crippen LogP contribution in [0.1, 0.15) is 24.2 Å². The molecule has 0 saturated carbocycles. The van der Waals surface area contributed by atoms with Crippen LogP contribution in [0.3, 0.4) is 0 Å². The number of hydrogen-bond donors (Lipinski definition) is 1. The molecule has 0 bridgehead atoms. The van der Waals surface area contributed by atoms with E-state index in [9.17, 15) is 9.59 Å². The summed E-state index contributed by atoms with van der Waals surface area (Å²) in [6, 6.07) is 15.2. The summed E-state index contributed by atoms with van der Waals surface area (Å²) in [4.78, 5) is 25.0. The van der Waals surface area contributed by atoms with Crippen LogP contribution in [0.4, 0.5) is 4.79 Å². The maximum atomic E-state index is 11.7. The van der Waals surface area contributed by atoms with E-state index in [1.165, 1.54) is 0 Å². The van der Waals surface area contributed by atoms with Gasteiger partial charge >= 0.3 is 0 Å². The van der Waals surface area contributed by atoms with Crippen molar-refractivity contribution in [2.45, 2.75) is 30.7 Å². The number of imide groups is 1. The molecular formula is C22H21ClN2O4S2. The lowest BCUT2D eigenvalue weighted by Crippen LogP contribution is -2.37. The van der Waals surface area contributed by atoms with Crippen molar-refractivity contribution in [1.29, 1.82) is 0 Å². The molecule has 0 aliphatic carbocycles. The van der Waals surface area contributed by atoms with E-state index in [-0.39, 0.29) is 28.5 Å². The van der Waals surface area contributed by atoms with Gasteiger partial charge in [0.2, 0.25) is 5.91 Å². The SMILES string of the molecule is CC(COc1ccc(CC2SC(=O)NC2=O)cc1)N1CC(c2cccc(Cl)c2)OC1=S. The van der Waals surface area contributed by atoms with E-state index in [1.807, 2.05) is 60.4 Å². The summed E-state index contributed by atoms with van der Waals surface area (Å²) >= 11 is 12.5. The maximum absolute atomic E-state index is 11.7. The molecule has 0 radical (unpaired) electrons. The summed E-state index contributed by atoms with van der Waals surface area (Å²) in [6.45, 7) is 3.13. The minimum Gasteiger partial charge on any atom is -0.491 e. The third kappa shape index (κ3) is 5.31. The van der Waals surface area contributed by atoms with Crippen LogP contribution < -0.4 is 10.1 Å². The van der Waals surface area contributed by atoms with E-state index < -0.39 is 0 Å². The number of nitrogens with one attached hydrogen (secondary N) is 1. The third-order valence-corrected chi connectivity index (χ3v) is 6.74. The first kappa shape index (κ1) is 21.9. The molecule has 2 aliphatic rings. The van der Waals surface area contributed by atoms with E-state index in [1.54, 1.807) is 0 Å². The number of benzene rings is 2. The first-order chi connectivity index (χ1) is 14.9. The van der Waals surface area contributed by atoms with Gasteiger partial charge in [0.15, 0.2) is 0 Å². The Labute approximate surface area is 195 Å². The highest BCUT2D eigenvalue weighted by Gasteiger charge is 2.33. The average Bonchev–Trinajstić information content (AvgIpc) is 3.28. The summed E-state index contributed by atoms with van der Waals surface area (Å²) in [5.41, 5.74) is 1.97. The minimum atomic E-state index is -0.372. The molecule has 2 aromatic carbocycles. The highest BCUT2D eigenvalue weighted by molar-refractivity contribution is 8.15. The van der Waals surface area contributed by atoms with Crippen molar-refractivity contribution in [3.8, 4) is 5.75 Å². The fourth-order valence-corrected chi connectivity index (χ4v) is 4.92. The normalized spacial score (nSPS) is 21.7. The smallest absolute Gasteiger partial charge is 0.286 e. The molecular weight excluding hydrogens is 456 g/mol. The standard InChI is InChI=1S/C22H21ClN2O4S2/c1-13(25-11-18(29-22(25)30)15-3-2-4-16(23)10-15)12-28-17-7-5-14(6-8-17)9-19-20(26)24-21(27)31-19/h2-8,10,13,18-19H,9,11-12H2,1H3,(H,24,26,27). The molecule has 4 rings (SSSR count). The summed E-state index contributed by atoms with van der Waals surface area (Å²) in [5.74, 6) is 0.497. The molecule has 2 saturated heterocycles. The minimum absolute atomic E-state index is 0.0287. The molecule has 31 heavy (non-hydrogen) atoms. The Kier molecular flexibility index (Phi) is 6.69. The van der Waals surface area contributed by atoms with Gasteiger partial charge in [0.1, 0.15) is 18.5 Å². The summed E-state index contributed by atoms with van der Waals surface area (Å²) in [6.07, 6.45) is 0.355. The fraction of sp³-hybridized carbons (Fsp3) is 0.318. The highest BCUT2D eigenvalue weighted by Crippen LogP contribution is 2.29. The lowest BCUT2D eigenvalue weighted by Gasteiger charge is -2.23. The zero-order valence-corrected chi connectivity index (χ0v) is 19.1. The molecule has 6 nitrogen and oxygen atoms in total. The van der Waals surface area contributed by atoms with Crippen molar-refractivity contribution in [2.24, 2.45) is 0 Å². The number of ether oxygens (including phenoxy) is 2. The fourth-order valence-electron chi connectivity index (χ4n) is 3.49. The van der Waals surface area contributed by atoms with Crippen LogP contribution in [0.2, 0.25) is 5.02 Å². The third-order valence-electron chi connectivity index (χ3n) is 5.20. The van der Waals surface area contributed by atoms with Crippen molar-refractivity contribution in [1.82, 2.24) is 10.2 Å². The number of thiocarbonyl (C=S) groups is 1. The molecule has 9 heteroatoms. The second kappa shape index (κ2) is 9.46. The first-order valence-electron chi connectivity index (χ1n) is 9.85. The summed E-state index contributed by atoms with van der Waals surface area (Å²) < 4.78 is 11.8. The second-order valence-electron chi connectivity index (χ2n) is 7.47. The van der Waals surface area contributed by atoms with Crippen LogP contribution in [0.5, 0.6) is 5.75 Å². The Hall–Kier alpha value is -2.29. The van der Waals surface area contributed by atoms with Crippen LogP contribution in [-0.4, -0.2) is 45.7 Å². The van der Waals surface area contributed by atoms with Gasteiger partial charge in [-0.1, -0.05) is 47.6 Å². The van der Waals surface area contributed by atoms with Crippen molar-refractivity contribution in [3.05, 3.63) is 64.7 Å².